The molecule has 20 heavy (non-hydrogen) atoms. The summed E-state index contributed by atoms with van der Waals surface area (Å²) in [6.07, 6.45) is 3.00. The van der Waals surface area contributed by atoms with E-state index in [1.165, 1.54) is 0 Å². The number of thiophene rings is 1. The Hall–Kier alpha value is -1.28. The fourth-order valence-electron chi connectivity index (χ4n) is 1.81. The molecule has 5 N–H and O–H groups in total. The largest absolute Gasteiger partial charge is 0.396 e. The monoisotopic (exact) mass is 319 g/mol. The van der Waals surface area contributed by atoms with Crippen LogP contribution in [0.4, 0.5) is 10.7 Å². The Morgan fingerprint density at radius 2 is 2.00 bits per heavy atom. The number of nitrogen functional groups attached to an aromatic ring is 1. The molecule has 1 aromatic rings. The van der Waals surface area contributed by atoms with Crippen LogP contribution in [-0.2, 0) is 9.84 Å². The third kappa shape index (κ3) is 4.11. The summed E-state index contributed by atoms with van der Waals surface area (Å²) < 4.78 is 23.6. The molecule has 1 amide bonds. The molecule has 0 fully saturated rings. The minimum Gasteiger partial charge on any atom is -0.396 e. The Bertz CT molecular complexity index is 591. The summed E-state index contributed by atoms with van der Waals surface area (Å²) in [5.74, 6) is -0.131. The molecule has 0 saturated carbocycles. The van der Waals surface area contributed by atoms with Gasteiger partial charge in [-0.25, -0.2) is 8.42 Å². The number of carbonyl (C=O) groups is 1. The molecule has 1 heterocycles. The average Bonchev–Trinajstić information content (AvgIpc) is 2.61. The number of anilines is 2. The highest BCUT2D eigenvalue weighted by Gasteiger charge is 2.25. The van der Waals surface area contributed by atoms with Crippen LogP contribution in [0.3, 0.4) is 0 Å². The van der Waals surface area contributed by atoms with E-state index in [0.717, 1.165) is 30.4 Å². The summed E-state index contributed by atoms with van der Waals surface area (Å²) in [4.78, 5) is 11.3. The molecular formula is C12H21N3O3S2. The van der Waals surface area contributed by atoms with Gasteiger partial charge in [0, 0.05) is 12.8 Å². The van der Waals surface area contributed by atoms with Crippen molar-refractivity contribution in [3.05, 3.63) is 4.88 Å². The van der Waals surface area contributed by atoms with Crippen LogP contribution in [0.15, 0.2) is 4.90 Å². The second kappa shape index (κ2) is 6.45. The highest BCUT2D eigenvalue weighted by molar-refractivity contribution is 7.91. The fraction of sp³-hybridized carbons (Fsp3) is 0.583. The van der Waals surface area contributed by atoms with E-state index in [2.05, 4.69) is 19.2 Å². The van der Waals surface area contributed by atoms with Gasteiger partial charge in [0.05, 0.1) is 5.69 Å². The maximum Gasteiger partial charge on any atom is 0.261 e. The molecule has 114 valence electrons. The minimum absolute atomic E-state index is 0.0270. The zero-order valence-electron chi connectivity index (χ0n) is 11.9. The maximum atomic E-state index is 11.8. The molecule has 8 heteroatoms. The molecule has 1 aromatic heterocycles. The van der Waals surface area contributed by atoms with Crippen LogP contribution in [0.25, 0.3) is 0 Å². The van der Waals surface area contributed by atoms with Crippen LogP contribution < -0.4 is 16.8 Å². The summed E-state index contributed by atoms with van der Waals surface area (Å²) in [6, 6.07) is 0. The first-order valence-corrected chi connectivity index (χ1v) is 9.01. The number of primary amides is 1. The predicted octanol–water partition coefficient (Wildman–Crippen LogP) is 1.68. The Morgan fingerprint density at radius 3 is 2.45 bits per heavy atom. The van der Waals surface area contributed by atoms with Crippen LogP contribution in [0.5, 0.6) is 0 Å². The van der Waals surface area contributed by atoms with Crippen molar-refractivity contribution in [1.82, 2.24) is 0 Å². The first-order chi connectivity index (χ1) is 9.14. The van der Waals surface area contributed by atoms with Gasteiger partial charge in [-0.05, 0) is 18.8 Å². The zero-order valence-corrected chi connectivity index (χ0v) is 13.5. The standard InChI is InChI=1S/C12H21N3O3S2/c1-7(2)5-4-6-15-12-10(20(3,17)18)8(13)9(19-12)11(14)16/h7,15H,4-6,13H2,1-3H3,(H2,14,16). The van der Waals surface area contributed by atoms with E-state index < -0.39 is 15.7 Å². The molecule has 0 atom stereocenters. The van der Waals surface area contributed by atoms with Crippen molar-refractivity contribution in [2.75, 3.05) is 23.9 Å². The van der Waals surface area contributed by atoms with E-state index >= 15 is 0 Å². The van der Waals surface area contributed by atoms with Gasteiger partial charge in [0.2, 0.25) is 0 Å². The van der Waals surface area contributed by atoms with E-state index in [4.69, 9.17) is 11.5 Å². The smallest absolute Gasteiger partial charge is 0.261 e. The highest BCUT2D eigenvalue weighted by Crippen LogP contribution is 2.38. The SMILES string of the molecule is CC(C)CCCNc1sc(C(N)=O)c(N)c1S(C)(=O)=O. The first-order valence-electron chi connectivity index (χ1n) is 6.30. The summed E-state index contributed by atoms with van der Waals surface area (Å²) >= 11 is 0.990. The molecule has 0 unspecified atom stereocenters. The van der Waals surface area contributed by atoms with Crippen LogP contribution in [0.2, 0.25) is 0 Å². The third-order valence-electron chi connectivity index (χ3n) is 2.74. The molecule has 0 bridgehead atoms. The van der Waals surface area contributed by atoms with Gasteiger partial charge < -0.3 is 16.8 Å². The van der Waals surface area contributed by atoms with Crippen molar-refractivity contribution in [1.29, 1.82) is 0 Å². The first kappa shape index (κ1) is 16.8. The van der Waals surface area contributed by atoms with E-state index in [9.17, 15) is 13.2 Å². The number of rotatable bonds is 7. The summed E-state index contributed by atoms with van der Waals surface area (Å²) in [5.41, 5.74) is 10.9. The molecule has 0 saturated heterocycles. The zero-order chi connectivity index (χ0) is 15.5. The fourth-order valence-corrected chi connectivity index (χ4v) is 4.26. The number of nitrogens with one attached hydrogen (secondary N) is 1. The van der Waals surface area contributed by atoms with Crippen molar-refractivity contribution >= 4 is 37.8 Å². The van der Waals surface area contributed by atoms with Gasteiger partial charge in [-0.3, -0.25) is 4.79 Å². The summed E-state index contributed by atoms with van der Waals surface area (Å²) in [5, 5.41) is 3.43. The lowest BCUT2D eigenvalue weighted by Crippen LogP contribution is -2.12. The molecule has 1 rings (SSSR count). The number of amides is 1. The number of hydrogen-bond acceptors (Lipinski definition) is 6. The Labute approximate surface area is 123 Å². The third-order valence-corrected chi connectivity index (χ3v) is 5.21. The second-order valence-corrected chi connectivity index (χ2v) is 8.08. The number of nitrogens with two attached hydrogens (primary N) is 2. The maximum absolute atomic E-state index is 11.8. The summed E-state index contributed by atoms with van der Waals surface area (Å²) in [6.45, 7) is 4.87. The van der Waals surface area contributed by atoms with Crippen LogP contribution in [0.1, 0.15) is 36.4 Å². The van der Waals surface area contributed by atoms with E-state index in [0.29, 0.717) is 17.5 Å². The lowest BCUT2D eigenvalue weighted by atomic mass is 10.1. The summed E-state index contributed by atoms with van der Waals surface area (Å²) in [7, 11) is -3.52. The minimum atomic E-state index is -3.52. The topological polar surface area (TPSA) is 115 Å². The molecule has 6 nitrogen and oxygen atoms in total. The van der Waals surface area contributed by atoms with Crippen molar-refractivity contribution in [2.24, 2.45) is 11.7 Å². The van der Waals surface area contributed by atoms with Gasteiger partial charge in [0.15, 0.2) is 9.84 Å². The molecule has 0 aliphatic heterocycles. The van der Waals surface area contributed by atoms with Gasteiger partial charge in [-0.15, -0.1) is 11.3 Å². The lowest BCUT2D eigenvalue weighted by Gasteiger charge is -2.08. The van der Waals surface area contributed by atoms with Crippen molar-refractivity contribution in [3.8, 4) is 0 Å². The van der Waals surface area contributed by atoms with E-state index in [-0.39, 0.29) is 15.5 Å². The molecule has 0 aliphatic rings. The molecule has 0 radical (unpaired) electrons. The number of carbonyl (C=O) groups excluding carboxylic acids is 1. The van der Waals surface area contributed by atoms with E-state index in [1.54, 1.807) is 0 Å². The molecular weight excluding hydrogens is 298 g/mol. The number of hydrogen-bond donors (Lipinski definition) is 3. The molecule has 0 aromatic carbocycles. The van der Waals surface area contributed by atoms with E-state index in [1.807, 2.05) is 0 Å². The van der Waals surface area contributed by atoms with Gasteiger partial charge >= 0.3 is 0 Å². The number of sulfone groups is 1. The van der Waals surface area contributed by atoms with Crippen LogP contribution >= 0.6 is 11.3 Å². The van der Waals surface area contributed by atoms with Gasteiger partial charge in [0.1, 0.15) is 14.8 Å². The molecule has 0 spiro atoms. The van der Waals surface area contributed by atoms with Crippen molar-refractivity contribution in [2.45, 2.75) is 31.6 Å². The predicted molar refractivity (Wildman–Crippen MR) is 82.9 cm³/mol. The highest BCUT2D eigenvalue weighted by atomic mass is 32.2. The Kier molecular flexibility index (Phi) is 5.41. The van der Waals surface area contributed by atoms with Crippen molar-refractivity contribution < 1.29 is 13.2 Å². The van der Waals surface area contributed by atoms with Crippen LogP contribution in [0, 0.1) is 5.92 Å². The molecule has 0 aliphatic carbocycles. The quantitative estimate of drug-likeness (QED) is 0.661. The van der Waals surface area contributed by atoms with Gasteiger partial charge in [0.25, 0.3) is 5.91 Å². The Morgan fingerprint density at radius 1 is 1.40 bits per heavy atom. The second-order valence-electron chi connectivity index (χ2n) is 5.10. The van der Waals surface area contributed by atoms with Crippen molar-refractivity contribution in [3.63, 3.8) is 0 Å². The van der Waals surface area contributed by atoms with Gasteiger partial charge in [-0.1, -0.05) is 13.8 Å². The average molecular weight is 319 g/mol. The van der Waals surface area contributed by atoms with Gasteiger partial charge in [-0.2, -0.15) is 0 Å². The Balaban J connectivity index is 3.00. The van der Waals surface area contributed by atoms with Crippen LogP contribution in [-0.4, -0.2) is 27.1 Å². The normalized spacial score (nSPS) is 11.8. The lowest BCUT2D eigenvalue weighted by molar-refractivity contribution is 0.100.